The largest absolute Gasteiger partial charge is 0.490 e. The topological polar surface area (TPSA) is 60.8 Å². The fourth-order valence-electron chi connectivity index (χ4n) is 4.79. The summed E-state index contributed by atoms with van der Waals surface area (Å²) >= 11 is 0. The van der Waals surface area contributed by atoms with Crippen molar-refractivity contribution in [3.63, 3.8) is 0 Å². The van der Waals surface area contributed by atoms with Crippen molar-refractivity contribution < 1.29 is 28.2 Å². The van der Waals surface area contributed by atoms with Gasteiger partial charge in [0, 0.05) is 6.54 Å². The van der Waals surface area contributed by atoms with Gasteiger partial charge in [-0.25, -0.2) is 4.79 Å². The van der Waals surface area contributed by atoms with E-state index in [1.54, 1.807) is 0 Å². The van der Waals surface area contributed by atoms with E-state index in [1.807, 2.05) is 6.07 Å². The first-order valence-electron chi connectivity index (χ1n) is 10.4. The Hall–Kier alpha value is -1.60. The highest BCUT2D eigenvalue weighted by atomic mass is 19.4. The molecule has 1 aromatic carbocycles. The first-order chi connectivity index (χ1) is 13.7. The Kier molecular flexibility index (Phi) is 6.89. The molecular formula is C22H30F3NO3. The summed E-state index contributed by atoms with van der Waals surface area (Å²) in [5, 5.41) is 17.6. The van der Waals surface area contributed by atoms with Gasteiger partial charge in [0.2, 0.25) is 0 Å². The maximum Gasteiger partial charge on any atom is 0.490 e. The lowest BCUT2D eigenvalue weighted by Gasteiger charge is -2.35. The van der Waals surface area contributed by atoms with E-state index in [9.17, 15) is 18.3 Å². The average Bonchev–Trinajstić information content (AvgIpc) is 3.37. The summed E-state index contributed by atoms with van der Waals surface area (Å²) in [5.74, 6) is -1.26. The smallest absolute Gasteiger partial charge is 0.475 e. The predicted molar refractivity (Wildman–Crippen MR) is 103 cm³/mol. The number of aliphatic carboxylic acids is 1. The van der Waals surface area contributed by atoms with E-state index >= 15 is 0 Å². The number of benzene rings is 1. The van der Waals surface area contributed by atoms with Gasteiger partial charge in [-0.2, -0.15) is 13.2 Å². The predicted octanol–water partition coefficient (Wildman–Crippen LogP) is 4.13. The second-order valence-electron chi connectivity index (χ2n) is 8.81. The first-order valence-corrected chi connectivity index (χ1v) is 10.4. The molecule has 0 bridgehead atoms. The molecule has 0 aromatic heterocycles. The van der Waals surface area contributed by atoms with Crippen molar-refractivity contribution in [3.05, 3.63) is 35.9 Å². The number of carbonyl (C=O) groups is 1. The number of halogens is 3. The van der Waals surface area contributed by atoms with Crippen LogP contribution in [-0.2, 0) is 11.2 Å². The van der Waals surface area contributed by atoms with Gasteiger partial charge >= 0.3 is 12.1 Å². The van der Waals surface area contributed by atoms with Crippen LogP contribution in [0, 0.1) is 17.3 Å². The Morgan fingerprint density at radius 2 is 1.76 bits per heavy atom. The van der Waals surface area contributed by atoms with Crippen LogP contribution >= 0.6 is 0 Å². The molecule has 2 saturated carbocycles. The van der Waals surface area contributed by atoms with Gasteiger partial charge in [-0.15, -0.1) is 0 Å². The highest BCUT2D eigenvalue weighted by Gasteiger charge is 2.57. The van der Waals surface area contributed by atoms with E-state index in [0.29, 0.717) is 5.92 Å². The van der Waals surface area contributed by atoms with Crippen molar-refractivity contribution in [2.45, 2.75) is 57.2 Å². The van der Waals surface area contributed by atoms with Gasteiger partial charge in [0.25, 0.3) is 0 Å². The normalized spacial score (nSPS) is 24.9. The molecule has 0 radical (unpaired) electrons. The quantitative estimate of drug-likeness (QED) is 0.762. The third kappa shape index (κ3) is 5.95. The van der Waals surface area contributed by atoms with Crippen molar-refractivity contribution in [3.8, 4) is 0 Å². The summed E-state index contributed by atoms with van der Waals surface area (Å²) < 4.78 is 31.7. The lowest BCUT2D eigenvalue weighted by molar-refractivity contribution is -0.192. The van der Waals surface area contributed by atoms with Crippen LogP contribution in [0.4, 0.5) is 13.2 Å². The van der Waals surface area contributed by atoms with Crippen LogP contribution in [0.5, 0.6) is 0 Å². The van der Waals surface area contributed by atoms with Crippen LogP contribution in [0.15, 0.2) is 30.3 Å². The third-order valence-corrected chi connectivity index (χ3v) is 6.89. The minimum atomic E-state index is -5.08. The van der Waals surface area contributed by atoms with Gasteiger partial charge < -0.3 is 15.1 Å². The van der Waals surface area contributed by atoms with Crippen LogP contribution < -0.4 is 0 Å². The molecule has 0 amide bonds. The van der Waals surface area contributed by atoms with E-state index in [-0.39, 0.29) is 6.10 Å². The number of alkyl halides is 3. The van der Waals surface area contributed by atoms with Crippen LogP contribution in [0.3, 0.4) is 0 Å². The molecule has 2 atom stereocenters. The van der Waals surface area contributed by atoms with Crippen molar-refractivity contribution in [1.82, 2.24) is 4.90 Å². The molecule has 162 valence electrons. The molecule has 4 nitrogen and oxygen atoms in total. The fourth-order valence-corrected chi connectivity index (χ4v) is 4.79. The van der Waals surface area contributed by atoms with Gasteiger partial charge in [0.05, 0.1) is 6.10 Å². The second kappa shape index (κ2) is 9.04. The number of hydrogen-bond donors (Lipinski definition) is 2. The van der Waals surface area contributed by atoms with Crippen LogP contribution in [-0.4, -0.2) is 53.0 Å². The zero-order chi connectivity index (χ0) is 21.1. The summed E-state index contributed by atoms with van der Waals surface area (Å²) in [7, 11) is 0. The summed E-state index contributed by atoms with van der Waals surface area (Å²) in [6.07, 6.45) is 3.91. The molecule has 1 aliphatic heterocycles. The fraction of sp³-hybridized carbons (Fsp3) is 0.682. The van der Waals surface area contributed by atoms with Crippen molar-refractivity contribution in [2.75, 3.05) is 19.6 Å². The van der Waals surface area contributed by atoms with Crippen molar-refractivity contribution >= 4 is 5.97 Å². The van der Waals surface area contributed by atoms with E-state index in [1.165, 1.54) is 63.7 Å². The number of carboxylic acid groups (broad SMARTS) is 1. The van der Waals surface area contributed by atoms with Gasteiger partial charge in [0.15, 0.2) is 0 Å². The van der Waals surface area contributed by atoms with E-state index in [2.05, 4.69) is 29.2 Å². The highest BCUT2D eigenvalue weighted by Crippen LogP contribution is 2.65. The molecule has 1 aromatic rings. The molecule has 3 fully saturated rings. The molecule has 7 heteroatoms. The van der Waals surface area contributed by atoms with Crippen LogP contribution in [0.2, 0.25) is 0 Å². The van der Waals surface area contributed by atoms with Gasteiger partial charge in [-0.3, -0.25) is 0 Å². The zero-order valence-corrected chi connectivity index (χ0v) is 16.6. The Labute approximate surface area is 169 Å². The Morgan fingerprint density at radius 1 is 1.17 bits per heavy atom. The number of hydrogen-bond acceptors (Lipinski definition) is 3. The molecule has 3 aliphatic rings. The highest BCUT2D eigenvalue weighted by molar-refractivity contribution is 5.73. The van der Waals surface area contributed by atoms with Crippen molar-refractivity contribution in [1.29, 1.82) is 0 Å². The number of aliphatic hydroxyl groups is 1. The van der Waals surface area contributed by atoms with E-state index < -0.39 is 12.1 Å². The Morgan fingerprint density at radius 3 is 2.21 bits per heavy atom. The molecule has 29 heavy (non-hydrogen) atoms. The number of likely N-dealkylation sites (tertiary alicyclic amines) is 1. The molecule has 1 heterocycles. The lowest BCUT2D eigenvalue weighted by atomic mass is 9.79. The number of rotatable bonds is 5. The molecule has 2 N–H and O–H groups in total. The van der Waals surface area contributed by atoms with E-state index in [0.717, 1.165) is 17.8 Å². The SMILES string of the molecule is O=C(O)C(F)(F)F.OC(Cc1ccccc1)C1CCN(CC2CC23CCC3)CC1. The van der Waals surface area contributed by atoms with Gasteiger partial charge in [0.1, 0.15) is 0 Å². The maximum absolute atomic E-state index is 10.6. The summed E-state index contributed by atoms with van der Waals surface area (Å²) in [6.45, 7) is 3.73. The molecule has 1 saturated heterocycles. The standard InChI is InChI=1S/C20H29NO.C2HF3O2/c22-19(13-16-5-2-1-3-6-16)17-7-11-21(12-8-17)15-18-14-20(18)9-4-10-20;3-2(4,5)1(6)7/h1-3,5-6,17-19,22H,4,7-15H2;(H,6,7). The molecule has 1 spiro atoms. The number of piperidine rings is 1. The second-order valence-corrected chi connectivity index (χ2v) is 8.81. The minimum Gasteiger partial charge on any atom is -0.475 e. The Bertz CT molecular complexity index is 668. The summed E-state index contributed by atoms with van der Waals surface area (Å²) in [4.78, 5) is 11.6. The summed E-state index contributed by atoms with van der Waals surface area (Å²) in [6, 6.07) is 10.4. The van der Waals surface area contributed by atoms with Gasteiger partial charge in [-0.05, 0) is 74.4 Å². The third-order valence-electron chi connectivity index (χ3n) is 6.89. The number of nitrogens with zero attached hydrogens (tertiary/aromatic N) is 1. The zero-order valence-electron chi connectivity index (χ0n) is 16.6. The van der Waals surface area contributed by atoms with Crippen molar-refractivity contribution in [2.24, 2.45) is 17.3 Å². The summed E-state index contributed by atoms with van der Waals surface area (Å²) in [5.41, 5.74) is 2.08. The molecule has 4 rings (SSSR count). The average molecular weight is 413 g/mol. The first kappa shape index (κ1) is 22.1. The van der Waals surface area contributed by atoms with Gasteiger partial charge in [-0.1, -0.05) is 36.8 Å². The number of aliphatic hydroxyl groups excluding tert-OH is 1. The monoisotopic (exact) mass is 413 g/mol. The van der Waals surface area contributed by atoms with E-state index in [4.69, 9.17) is 9.90 Å². The van der Waals surface area contributed by atoms with Crippen LogP contribution in [0.25, 0.3) is 0 Å². The Balaban J connectivity index is 0.000000298. The molecular weight excluding hydrogens is 383 g/mol. The molecule has 2 unspecified atom stereocenters. The lowest BCUT2D eigenvalue weighted by Crippen LogP contribution is -2.40. The van der Waals surface area contributed by atoms with Crippen LogP contribution in [0.1, 0.15) is 44.1 Å². The number of carboxylic acids is 1. The maximum atomic E-state index is 10.6. The minimum absolute atomic E-state index is 0.163. The molecule has 2 aliphatic carbocycles.